The van der Waals surface area contributed by atoms with Gasteiger partial charge in [-0.15, -0.1) is 12.4 Å². The van der Waals surface area contributed by atoms with Crippen molar-refractivity contribution in [2.75, 3.05) is 31.5 Å². The maximum Gasteiger partial charge on any atom is 0.321 e. The number of nitrogens with zero attached hydrogens (tertiary/aromatic N) is 1. The summed E-state index contributed by atoms with van der Waals surface area (Å²) >= 11 is 0. The molecule has 1 aromatic rings. The van der Waals surface area contributed by atoms with Crippen molar-refractivity contribution in [1.82, 2.24) is 10.2 Å². The van der Waals surface area contributed by atoms with Crippen LogP contribution in [0.5, 0.6) is 0 Å². The summed E-state index contributed by atoms with van der Waals surface area (Å²) in [7, 11) is 0. The van der Waals surface area contributed by atoms with Crippen LogP contribution >= 0.6 is 12.4 Å². The molecule has 1 spiro atoms. The molecule has 2 amide bonds. The Bertz CT molecular complexity index is 490. The number of hydrogen-bond acceptors (Lipinski definition) is 2. The molecule has 2 N–H and O–H groups in total. The van der Waals surface area contributed by atoms with Crippen molar-refractivity contribution >= 4 is 24.1 Å². The third-order valence-electron chi connectivity index (χ3n) is 4.71. The Morgan fingerprint density at radius 3 is 2.67 bits per heavy atom. The third kappa shape index (κ3) is 3.69. The highest BCUT2D eigenvalue weighted by molar-refractivity contribution is 5.89. The fourth-order valence-electron chi connectivity index (χ4n) is 3.33. The van der Waals surface area contributed by atoms with Gasteiger partial charge in [-0.25, -0.2) is 4.79 Å². The molecule has 2 saturated heterocycles. The summed E-state index contributed by atoms with van der Waals surface area (Å²) in [4.78, 5) is 14.2. The van der Waals surface area contributed by atoms with E-state index in [0.717, 1.165) is 50.3 Å². The smallest absolute Gasteiger partial charge is 0.321 e. The first-order chi connectivity index (χ1) is 9.67. The normalized spacial score (nSPS) is 20.1. The number of amides is 2. The van der Waals surface area contributed by atoms with Gasteiger partial charge in [-0.2, -0.15) is 0 Å². The van der Waals surface area contributed by atoms with Gasteiger partial charge in [0, 0.05) is 25.3 Å². The van der Waals surface area contributed by atoms with Crippen LogP contribution in [0.15, 0.2) is 24.3 Å². The summed E-state index contributed by atoms with van der Waals surface area (Å²) in [6, 6.07) is 7.99. The Morgan fingerprint density at radius 2 is 2.05 bits per heavy atom. The van der Waals surface area contributed by atoms with Gasteiger partial charge in [-0.05, 0) is 55.8 Å². The van der Waals surface area contributed by atoms with Crippen molar-refractivity contribution in [3.8, 4) is 0 Å². The van der Waals surface area contributed by atoms with E-state index in [-0.39, 0.29) is 18.4 Å². The van der Waals surface area contributed by atoms with Crippen LogP contribution in [0.1, 0.15) is 24.8 Å². The molecular formula is C16H24ClN3O. The Morgan fingerprint density at radius 1 is 1.29 bits per heavy atom. The van der Waals surface area contributed by atoms with Crippen molar-refractivity contribution < 1.29 is 4.79 Å². The number of nitrogens with one attached hydrogen (secondary N) is 2. The van der Waals surface area contributed by atoms with Gasteiger partial charge in [0.25, 0.3) is 0 Å². The molecule has 0 bridgehead atoms. The maximum atomic E-state index is 12.3. The molecule has 5 heteroatoms. The number of aryl methyl sites for hydroxylation is 1. The molecule has 3 rings (SSSR count). The van der Waals surface area contributed by atoms with Crippen molar-refractivity contribution in [3.05, 3.63) is 29.8 Å². The lowest BCUT2D eigenvalue weighted by Crippen LogP contribution is -2.45. The SMILES string of the molecule is Cc1cccc(NC(=O)N2CCC3(CCNC3)CC2)c1.Cl. The number of hydrogen-bond donors (Lipinski definition) is 2. The molecule has 0 unspecified atom stereocenters. The number of likely N-dealkylation sites (tertiary alicyclic amines) is 1. The van der Waals surface area contributed by atoms with E-state index >= 15 is 0 Å². The molecule has 2 fully saturated rings. The number of carbonyl (C=O) groups is 1. The maximum absolute atomic E-state index is 12.3. The van der Waals surface area contributed by atoms with E-state index in [1.807, 2.05) is 36.1 Å². The van der Waals surface area contributed by atoms with Gasteiger partial charge in [0.15, 0.2) is 0 Å². The van der Waals surface area contributed by atoms with E-state index in [2.05, 4.69) is 10.6 Å². The Kier molecular flexibility index (Phi) is 5.12. The largest absolute Gasteiger partial charge is 0.324 e. The lowest BCUT2D eigenvalue weighted by atomic mass is 9.78. The van der Waals surface area contributed by atoms with Gasteiger partial charge in [-0.3, -0.25) is 0 Å². The summed E-state index contributed by atoms with van der Waals surface area (Å²) in [6.45, 7) is 6.04. The van der Waals surface area contributed by atoms with Crippen molar-refractivity contribution in [2.45, 2.75) is 26.2 Å². The highest BCUT2D eigenvalue weighted by Gasteiger charge is 2.37. The van der Waals surface area contributed by atoms with E-state index in [1.54, 1.807) is 0 Å². The molecular weight excluding hydrogens is 286 g/mol. The van der Waals surface area contributed by atoms with Crippen molar-refractivity contribution in [1.29, 1.82) is 0 Å². The van der Waals surface area contributed by atoms with Crippen molar-refractivity contribution in [3.63, 3.8) is 0 Å². The van der Waals surface area contributed by atoms with Gasteiger partial charge in [-0.1, -0.05) is 12.1 Å². The predicted octanol–water partition coefficient (Wildman–Crippen LogP) is 3.02. The molecule has 2 heterocycles. The first-order valence-corrected chi connectivity index (χ1v) is 7.50. The van der Waals surface area contributed by atoms with Crippen LogP contribution in [0.2, 0.25) is 0 Å². The second kappa shape index (κ2) is 6.67. The Labute approximate surface area is 132 Å². The van der Waals surface area contributed by atoms with Crippen molar-refractivity contribution in [2.24, 2.45) is 5.41 Å². The molecule has 116 valence electrons. The van der Waals surface area contributed by atoms with Gasteiger partial charge < -0.3 is 15.5 Å². The van der Waals surface area contributed by atoms with E-state index in [1.165, 1.54) is 6.42 Å². The van der Waals surface area contributed by atoms with E-state index in [0.29, 0.717) is 5.41 Å². The minimum absolute atomic E-state index is 0. The number of benzene rings is 1. The standard InChI is InChI=1S/C16H23N3O.ClH/c1-13-3-2-4-14(11-13)18-15(20)19-9-6-16(7-10-19)5-8-17-12-16;/h2-4,11,17H,5-10,12H2,1H3,(H,18,20);1H. The quantitative estimate of drug-likeness (QED) is 0.837. The molecule has 0 radical (unpaired) electrons. The first-order valence-electron chi connectivity index (χ1n) is 7.50. The van der Waals surface area contributed by atoms with Crippen LogP contribution in [0, 0.1) is 12.3 Å². The molecule has 1 aromatic carbocycles. The molecule has 0 atom stereocenters. The molecule has 0 aliphatic carbocycles. The van der Waals surface area contributed by atoms with E-state index < -0.39 is 0 Å². The zero-order valence-corrected chi connectivity index (χ0v) is 13.3. The fraction of sp³-hybridized carbons (Fsp3) is 0.562. The highest BCUT2D eigenvalue weighted by Crippen LogP contribution is 2.36. The molecule has 0 saturated carbocycles. The lowest BCUT2D eigenvalue weighted by Gasteiger charge is -2.38. The molecule has 2 aliphatic rings. The van der Waals surface area contributed by atoms with Crippen LogP contribution in [-0.4, -0.2) is 37.1 Å². The summed E-state index contributed by atoms with van der Waals surface area (Å²) in [5.41, 5.74) is 2.51. The van der Waals surface area contributed by atoms with Crippen LogP contribution in [0.3, 0.4) is 0 Å². The zero-order valence-electron chi connectivity index (χ0n) is 12.5. The molecule has 21 heavy (non-hydrogen) atoms. The lowest BCUT2D eigenvalue weighted by molar-refractivity contribution is 0.137. The number of anilines is 1. The Balaban J connectivity index is 0.00000161. The van der Waals surface area contributed by atoms with Crippen LogP contribution in [0.25, 0.3) is 0 Å². The Hall–Kier alpha value is -1.26. The zero-order chi connectivity index (χ0) is 14.0. The average Bonchev–Trinajstić information content (AvgIpc) is 2.88. The first kappa shape index (κ1) is 16.1. The van der Waals surface area contributed by atoms with Gasteiger partial charge in [0.2, 0.25) is 0 Å². The average molecular weight is 310 g/mol. The topological polar surface area (TPSA) is 44.4 Å². The van der Waals surface area contributed by atoms with Crippen LogP contribution in [0.4, 0.5) is 10.5 Å². The molecule has 2 aliphatic heterocycles. The van der Waals surface area contributed by atoms with Crippen LogP contribution < -0.4 is 10.6 Å². The van der Waals surface area contributed by atoms with Gasteiger partial charge in [0.1, 0.15) is 0 Å². The van der Waals surface area contributed by atoms with Crippen LogP contribution in [-0.2, 0) is 0 Å². The van der Waals surface area contributed by atoms with E-state index in [4.69, 9.17) is 0 Å². The predicted molar refractivity (Wildman–Crippen MR) is 88.2 cm³/mol. The molecule has 0 aromatic heterocycles. The van der Waals surface area contributed by atoms with Gasteiger partial charge in [0.05, 0.1) is 0 Å². The highest BCUT2D eigenvalue weighted by atomic mass is 35.5. The second-order valence-electron chi connectivity index (χ2n) is 6.21. The minimum atomic E-state index is 0. The third-order valence-corrected chi connectivity index (χ3v) is 4.71. The number of piperidine rings is 1. The second-order valence-corrected chi connectivity index (χ2v) is 6.21. The number of rotatable bonds is 1. The number of halogens is 1. The summed E-state index contributed by atoms with van der Waals surface area (Å²) in [6.07, 6.45) is 3.52. The van der Waals surface area contributed by atoms with Gasteiger partial charge >= 0.3 is 6.03 Å². The number of urea groups is 1. The fourth-order valence-corrected chi connectivity index (χ4v) is 3.33. The number of carbonyl (C=O) groups excluding carboxylic acids is 1. The minimum Gasteiger partial charge on any atom is -0.324 e. The summed E-state index contributed by atoms with van der Waals surface area (Å²) < 4.78 is 0. The van der Waals surface area contributed by atoms with E-state index in [9.17, 15) is 4.79 Å². The molecule has 4 nitrogen and oxygen atoms in total. The summed E-state index contributed by atoms with van der Waals surface area (Å²) in [5, 5.41) is 6.46. The summed E-state index contributed by atoms with van der Waals surface area (Å²) in [5.74, 6) is 0. The monoisotopic (exact) mass is 309 g/mol.